The van der Waals surface area contributed by atoms with Crippen molar-refractivity contribution in [1.82, 2.24) is 25.5 Å². The Bertz CT molecular complexity index is 325. The molecule has 0 bridgehead atoms. The van der Waals surface area contributed by atoms with Crippen LogP contribution < -0.4 is 11.1 Å². The fourth-order valence-corrected chi connectivity index (χ4v) is 0.785. The van der Waals surface area contributed by atoms with Gasteiger partial charge in [-0.15, -0.1) is 5.10 Å². The number of hydrogen-bond donors (Lipinski definition) is 2. The molecule has 0 aliphatic rings. The van der Waals surface area contributed by atoms with Crippen LogP contribution in [0.1, 0.15) is 19.7 Å². The Morgan fingerprint density at radius 1 is 1.64 bits per heavy atom. The molecular formula is C7H14N6O. The molecule has 0 fully saturated rings. The molecule has 1 heterocycles. The van der Waals surface area contributed by atoms with Crippen molar-refractivity contribution in [2.45, 2.75) is 25.9 Å². The molecule has 0 aromatic carbocycles. The summed E-state index contributed by atoms with van der Waals surface area (Å²) in [7, 11) is 1.70. The maximum absolute atomic E-state index is 11.4. The molecule has 0 saturated carbocycles. The highest BCUT2D eigenvalue weighted by Gasteiger charge is 2.21. The van der Waals surface area contributed by atoms with Crippen molar-refractivity contribution >= 4 is 5.91 Å². The first-order valence-electron chi connectivity index (χ1n) is 4.19. The van der Waals surface area contributed by atoms with Gasteiger partial charge in [-0.3, -0.25) is 4.79 Å². The van der Waals surface area contributed by atoms with E-state index >= 15 is 0 Å². The molecule has 0 spiro atoms. The van der Waals surface area contributed by atoms with Crippen molar-refractivity contribution in [1.29, 1.82) is 0 Å². The average molecular weight is 198 g/mol. The van der Waals surface area contributed by atoms with Crippen molar-refractivity contribution in [3.63, 3.8) is 0 Å². The number of rotatable bonds is 3. The fourth-order valence-electron chi connectivity index (χ4n) is 0.785. The Morgan fingerprint density at radius 3 is 2.71 bits per heavy atom. The van der Waals surface area contributed by atoms with Crippen LogP contribution in [0.15, 0.2) is 0 Å². The third kappa shape index (κ3) is 2.49. The van der Waals surface area contributed by atoms with Gasteiger partial charge in [0.15, 0.2) is 5.82 Å². The molecule has 7 heteroatoms. The predicted molar refractivity (Wildman–Crippen MR) is 48.9 cm³/mol. The van der Waals surface area contributed by atoms with Crippen LogP contribution in [0, 0.1) is 0 Å². The monoisotopic (exact) mass is 198 g/mol. The van der Waals surface area contributed by atoms with Crippen LogP contribution in [0.5, 0.6) is 0 Å². The summed E-state index contributed by atoms with van der Waals surface area (Å²) in [5.41, 5.74) is 4.70. The molecule has 0 saturated heterocycles. The van der Waals surface area contributed by atoms with Crippen LogP contribution in [0.4, 0.5) is 0 Å². The van der Waals surface area contributed by atoms with Crippen LogP contribution in [0.25, 0.3) is 0 Å². The zero-order valence-corrected chi connectivity index (χ0v) is 8.48. The molecule has 0 aliphatic heterocycles. The topological polar surface area (TPSA) is 98.7 Å². The maximum atomic E-state index is 11.4. The van der Waals surface area contributed by atoms with E-state index in [4.69, 9.17) is 5.73 Å². The lowest BCUT2D eigenvalue weighted by atomic mass is 10.1. The van der Waals surface area contributed by atoms with E-state index < -0.39 is 5.54 Å². The molecule has 7 nitrogen and oxygen atoms in total. The summed E-state index contributed by atoms with van der Waals surface area (Å²) in [5.74, 6) is 0.350. The van der Waals surface area contributed by atoms with Gasteiger partial charge in [-0.2, -0.15) is 0 Å². The quantitative estimate of drug-likeness (QED) is 0.620. The molecule has 1 aromatic rings. The van der Waals surface area contributed by atoms with Gasteiger partial charge in [0.2, 0.25) is 5.91 Å². The highest BCUT2D eigenvalue weighted by molar-refractivity contribution is 5.84. The van der Waals surface area contributed by atoms with E-state index in [0.717, 1.165) is 0 Å². The molecular weight excluding hydrogens is 184 g/mol. The summed E-state index contributed by atoms with van der Waals surface area (Å²) in [4.78, 5) is 11.4. The number of nitrogens with zero attached hydrogens (tertiary/aromatic N) is 4. The first-order chi connectivity index (χ1) is 6.41. The first-order valence-corrected chi connectivity index (χ1v) is 4.19. The highest BCUT2D eigenvalue weighted by atomic mass is 16.2. The Morgan fingerprint density at radius 2 is 2.29 bits per heavy atom. The van der Waals surface area contributed by atoms with Gasteiger partial charge in [-0.25, -0.2) is 4.68 Å². The molecule has 3 N–H and O–H groups in total. The Kier molecular flexibility index (Phi) is 2.80. The van der Waals surface area contributed by atoms with E-state index in [9.17, 15) is 4.79 Å². The van der Waals surface area contributed by atoms with Gasteiger partial charge in [-0.1, -0.05) is 0 Å². The van der Waals surface area contributed by atoms with E-state index in [-0.39, 0.29) is 12.5 Å². The SMILES string of the molecule is Cn1nnnc1CNC(=O)C(C)(C)N. The highest BCUT2D eigenvalue weighted by Crippen LogP contribution is 1.96. The minimum absolute atomic E-state index is 0.236. The Hall–Kier alpha value is -1.50. The van der Waals surface area contributed by atoms with E-state index in [2.05, 4.69) is 20.8 Å². The number of nitrogens with two attached hydrogens (primary N) is 1. The summed E-state index contributed by atoms with van der Waals surface area (Å²) in [6.07, 6.45) is 0. The number of amides is 1. The van der Waals surface area contributed by atoms with E-state index in [1.807, 2.05) is 0 Å². The third-order valence-electron chi connectivity index (χ3n) is 1.70. The van der Waals surface area contributed by atoms with Crippen LogP contribution in [-0.4, -0.2) is 31.7 Å². The second-order valence-electron chi connectivity index (χ2n) is 3.62. The lowest BCUT2D eigenvalue weighted by molar-refractivity contribution is -0.125. The van der Waals surface area contributed by atoms with Crippen LogP contribution in [0.3, 0.4) is 0 Å². The van der Waals surface area contributed by atoms with Crippen molar-refractivity contribution in [3.8, 4) is 0 Å². The number of aryl methyl sites for hydroxylation is 1. The van der Waals surface area contributed by atoms with Crippen molar-refractivity contribution < 1.29 is 4.79 Å². The Labute approximate surface area is 81.7 Å². The van der Waals surface area contributed by atoms with Gasteiger partial charge in [0.05, 0.1) is 12.1 Å². The van der Waals surface area contributed by atoms with Crippen LogP contribution >= 0.6 is 0 Å². The largest absolute Gasteiger partial charge is 0.347 e. The normalized spacial score (nSPS) is 11.4. The first kappa shape index (κ1) is 10.6. The average Bonchev–Trinajstić information content (AvgIpc) is 2.45. The van der Waals surface area contributed by atoms with E-state index in [1.165, 1.54) is 4.68 Å². The van der Waals surface area contributed by atoms with E-state index in [0.29, 0.717) is 5.82 Å². The summed E-state index contributed by atoms with van der Waals surface area (Å²) >= 11 is 0. The number of hydrogen-bond acceptors (Lipinski definition) is 5. The standard InChI is InChI=1S/C7H14N6O/c1-7(2,8)6(14)9-4-5-10-11-12-13(5)3/h4,8H2,1-3H3,(H,9,14). The predicted octanol–water partition coefficient (Wildman–Crippen LogP) is -1.44. The van der Waals surface area contributed by atoms with E-state index in [1.54, 1.807) is 20.9 Å². The molecule has 1 aromatic heterocycles. The Balaban J connectivity index is 2.50. The number of carbonyl (C=O) groups is 1. The lowest BCUT2D eigenvalue weighted by Crippen LogP contribution is -2.48. The zero-order chi connectivity index (χ0) is 10.8. The number of nitrogens with one attached hydrogen (secondary N) is 1. The number of aromatic nitrogens is 4. The second kappa shape index (κ2) is 3.70. The van der Waals surface area contributed by atoms with Crippen molar-refractivity contribution in [2.24, 2.45) is 12.8 Å². The van der Waals surface area contributed by atoms with Crippen LogP contribution in [-0.2, 0) is 18.4 Å². The van der Waals surface area contributed by atoms with Gasteiger partial charge in [0.1, 0.15) is 0 Å². The number of carbonyl (C=O) groups excluding carboxylic acids is 1. The fraction of sp³-hybridized carbons (Fsp3) is 0.714. The lowest BCUT2D eigenvalue weighted by Gasteiger charge is -2.17. The van der Waals surface area contributed by atoms with Gasteiger partial charge >= 0.3 is 0 Å². The molecule has 78 valence electrons. The van der Waals surface area contributed by atoms with Crippen molar-refractivity contribution in [2.75, 3.05) is 0 Å². The van der Waals surface area contributed by atoms with Crippen LogP contribution in [0.2, 0.25) is 0 Å². The summed E-state index contributed by atoms with van der Waals surface area (Å²) in [5, 5.41) is 13.4. The summed E-state index contributed by atoms with van der Waals surface area (Å²) in [6.45, 7) is 3.55. The van der Waals surface area contributed by atoms with Gasteiger partial charge in [0, 0.05) is 7.05 Å². The summed E-state index contributed by atoms with van der Waals surface area (Å²) in [6, 6.07) is 0. The summed E-state index contributed by atoms with van der Waals surface area (Å²) < 4.78 is 1.49. The van der Waals surface area contributed by atoms with Gasteiger partial charge in [-0.05, 0) is 24.3 Å². The molecule has 14 heavy (non-hydrogen) atoms. The molecule has 0 unspecified atom stereocenters. The third-order valence-corrected chi connectivity index (χ3v) is 1.70. The molecule has 1 rings (SSSR count). The zero-order valence-electron chi connectivity index (χ0n) is 8.48. The minimum atomic E-state index is -0.883. The van der Waals surface area contributed by atoms with Gasteiger partial charge < -0.3 is 11.1 Å². The molecule has 0 radical (unpaired) electrons. The number of tetrazole rings is 1. The maximum Gasteiger partial charge on any atom is 0.239 e. The van der Waals surface area contributed by atoms with Gasteiger partial charge in [0.25, 0.3) is 0 Å². The molecule has 0 atom stereocenters. The molecule has 0 aliphatic carbocycles. The molecule has 1 amide bonds. The van der Waals surface area contributed by atoms with Crippen molar-refractivity contribution in [3.05, 3.63) is 5.82 Å². The smallest absolute Gasteiger partial charge is 0.239 e. The minimum Gasteiger partial charge on any atom is -0.347 e. The second-order valence-corrected chi connectivity index (χ2v) is 3.62.